The number of piperazine rings is 1. The highest BCUT2D eigenvalue weighted by molar-refractivity contribution is 5.78. The zero-order valence-electron chi connectivity index (χ0n) is 13.8. The van der Waals surface area contributed by atoms with E-state index in [0.29, 0.717) is 26.2 Å². The van der Waals surface area contributed by atoms with Gasteiger partial charge in [-0.05, 0) is 26.7 Å². The van der Waals surface area contributed by atoms with Crippen molar-refractivity contribution in [3.63, 3.8) is 0 Å². The van der Waals surface area contributed by atoms with Crippen molar-refractivity contribution in [2.75, 3.05) is 26.2 Å². The van der Waals surface area contributed by atoms with Crippen LogP contribution in [-0.4, -0.2) is 64.7 Å². The zero-order chi connectivity index (χ0) is 16.9. The predicted octanol–water partition coefficient (Wildman–Crippen LogP) is 1.57. The molecule has 0 bridgehead atoms. The van der Waals surface area contributed by atoms with Gasteiger partial charge in [0.05, 0.1) is 0 Å². The lowest BCUT2D eigenvalue weighted by Crippen LogP contribution is -2.51. The molecule has 0 saturated carbocycles. The van der Waals surface area contributed by atoms with Crippen LogP contribution >= 0.6 is 0 Å². The summed E-state index contributed by atoms with van der Waals surface area (Å²) in [6, 6.07) is 0. The number of carbonyl (C=O) groups excluding carboxylic acids is 2. The van der Waals surface area contributed by atoms with Crippen molar-refractivity contribution in [2.45, 2.75) is 46.1 Å². The van der Waals surface area contributed by atoms with Gasteiger partial charge in [0.2, 0.25) is 5.91 Å². The number of rotatable bonds is 4. The second-order valence-electron chi connectivity index (χ2n) is 6.76. The minimum absolute atomic E-state index is 0.0103. The van der Waals surface area contributed by atoms with Crippen molar-refractivity contribution in [1.29, 1.82) is 0 Å². The number of nitrogens with zero attached hydrogens (tertiary/aromatic N) is 2. The molecule has 1 saturated heterocycles. The van der Waals surface area contributed by atoms with Crippen LogP contribution in [-0.2, 0) is 14.3 Å². The smallest absolute Gasteiger partial charge is 0.410 e. The summed E-state index contributed by atoms with van der Waals surface area (Å²) in [6.07, 6.45) is -0.152. The minimum atomic E-state index is -0.893. The first-order valence-electron chi connectivity index (χ1n) is 7.56. The highest BCUT2D eigenvalue weighted by atomic mass is 16.6. The van der Waals surface area contributed by atoms with Crippen molar-refractivity contribution >= 4 is 18.0 Å². The molecule has 7 heteroatoms. The molecule has 1 aliphatic heterocycles. The molecule has 2 amide bonds. The molecular weight excluding hydrogens is 288 g/mol. The third kappa shape index (κ3) is 6.32. The van der Waals surface area contributed by atoms with Crippen LogP contribution in [0, 0.1) is 5.92 Å². The number of ether oxygens (including phenoxy) is 1. The van der Waals surface area contributed by atoms with E-state index in [4.69, 9.17) is 9.84 Å². The fourth-order valence-corrected chi connectivity index (χ4v) is 2.26. The molecule has 0 aromatic heterocycles. The second-order valence-corrected chi connectivity index (χ2v) is 6.76. The van der Waals surface area contributed by atoms with Crippen molar-refractivity contribution in [2.24, 2.45) is 5.92 Å². The maximum atomic E-state index is 12.1. The summed E-state index contributed by atoms with van der Waals surface area (Å²) >= 11 is 0. The van der Waals surface area contributed by atoms with Gasteiger partial charge in [-0.15, -0.1) is 0 Å². The lowest BCUT2D eigenvalue weighted by molar-refractivity contribution is -0.139. The number of carboxylic acid groups (broad SMARTS) is 1. The highest BCUT2D eigenvalue weighted by Crippen LogP contribution is 2.14. The summed E-state index contributed by atoms with van der Waals surface area (Å²) in [5.41, 5.74) is -0.531. The first-order valence-corrected chi connectivity index (χ1v) is 7.56. The quantitative estimate of drug-likeness (QED) is 0.851. The van der Waals surface area contributed by atoms with E-state index in [1.54, 1.807) is 16.7 Å². The molecule has 0 aliphatic carbocycles. The van der Waals surface area contributed by atoms with E-state index in [2.05, 4.69) is 0 Å². The molecule has 7 nitrogen and oxygen atoms in total. The number of carboxylic acids is 1. The Morgan fingerprint density at radius 3 is 2.00 bits per heavy atom. The standard InChI is InChI=1S/C15H26N2O5/c1-11(10-13(19)20)9-12(18)16-5-7-17(8-6-16)14(21)22-15(2,3)4/h11H,5-10H2,1-4H3,(H,19,20). The van der Waals surface area contributed by atoms with Crippen LogP contribution < -0.4 is 0 Å². The molecule has 0 spiro atoms. The summed E-state index contributed by atoms with van der Waals surface area (Å²) in [6.45, 7) is 8.98. The van der Waals surface area contributed by atoms with Gasteiger partial charge in [0.1, 0.15) is 5.60 Å². The van der Waals surface area contributed by atoms with Gasteiger partial charge in [-0.1, -0.05) is 6.92 Å². The van der Waals surface area contributed by atoms with Crippen LogP contribution in [0.2, 0.25) is 0 Å². The van der Waals surface area contributed by atoms with E-state index in [9.17, 15) is 14.4 Å². The summed E-state index contributed by atoms with van der Waals surface area (Å²) in [5, 5.41) is 8.71. The molecule has 1 rings (SSSR count). The Labute approximate surface area is 131 Å². The number of carbonyl (C=O) groups is 3. The molecule has 22 heavy (non-hydrogen) atoms. The van der Waals surface area contributed by atoms with Gasteiger partial charge in [0.25, 0.3) is 0 Å². The number of hydrogen-bond donors (Lipinski definition) is 1. The molecule has 1 unspecified atom stereocenters. The van der Waals surface area contributed by atoms with Crippen LogP contribution in [0.3, 0.4) is 0 Å². The third-order valence-electron chi connectivity index (χ3n) is 3.33. The number of aliphatic carboxylic acids is 1. The van der Waals surface area contributed by atoms with Crippen LogP contribution in [0.5, 0.6) is 0 Å². The Balaban J connectivity index is 2.40. The fourth-order valence-electron chi connectivity index (χ4n) is 2.26. The Kier molecular flexibility index (Phi) is 6.20. The van der Waals surface area contributed by atoms with Crippen LogP contribution in [0.1, 0.15) is 40.5 Å². The summed E-state index contributed by atoms with van der Waals surface area (Å²) in [5.74, 6) is -1.14. The fraction of sp³-hybridized carbons (Fsp3) is 0.800. The molecule has 0 aromatic carbocycles. The van der Waals surface area contributed by atoms with E-state index >= 15 is 0 Å². The maximum Gasteiger partial charge on any atom is 0.410 e. The Hall–Kier alpha value is -1.79. The van der Waals surface area contributed by atoms with E-state index in [0.717, 1.165) is 0 Å². The molecule has 126 valence electrons. The first kappa shape index (κ1) is 18.3. The van der Waals surface area contributed by atoms with Crippen LogP contribution in [0.25, 0.3) is 0 Å². The molecule has 0 radical (unpaired) electrons. The minimum Gasteiger partial charge on any atom is -0.481 e. The van der Waals surface area contributed by atoms with Crippen molar-refractivity contribution in [1.82, 2.24) is 9.80 Å². The predicted molar refractivity (Wildman–Crippen MR) is 80.4 cm³/mol. The van der Waals surface area contributed by atoms with Crippen LogP contribution in [0.15, 0.2) is 0 Å². The normalized spacial score (nSPS) is 17.1. The monoisotopic (exact) mass is 314 g/mol. The van der Waals surface area contributed by atoms with Crippen molar-refractivity contribution in [3.05, 3.63) is 0 Å². The van der Waals surface area contributed by atoms with Crippen molar-refractivity contribution < 1.29 is 24.2 Å². The number of hydrogen-bond acceptors (Lipinski definition) is 4. The number of amides is 2. The van der Waals surface area contributed by atoms with Crippen molar-refractivity contribution in [3.8, 4) is 0 Å². The van der Waals surface area contributed by atoms with E-state index in [1.165, 1.54) is 0 Å². The third-order valence-corrected chi connectivity index (χ3v) is 3.33. The second kappa shape index (κ2) is 7.47. The van der Waals surface area contributed by atoms with E-state index < -0.39 is 11.6 Å². The van der Waals surface area contributed by atoms with E-state index in [-0.39, 0.29) is 30.8 Å². The summed E-state index contributed by atoms with van der Waals surface area (Å²) < 4.78 is 5.30. The van der Waals surface area contributed by atoms with Gasteiger partial charge in [0, 0.05) is 39.0 Å². The highest BCUT2D eigenvalue weighted by Gasteiger charge is 2.28. The molecule has 1 fully saturated rings. The molecule has 1 aliphatic rings. The van der Waals surface area contributed by atoms with Gasteiger partial charge in [-0.25, -0.2) is 4.79 Å². The lowest BCUT2D eigenvalue weighted by Gasteiger charge is -2.36. The van der Waals surface area contributed by atoms with Crippen LogP contribution in [0.4, 0.5) is 4.79 Å². The Morgan fingerprint density at radius 1 is 1.05 bits per heavy atom. The van der Waals surface area contributed by atoms with Gasteiger partial charge in [0.15, 0.2) is 0 Å². The average molecular weight is 314 g/mol. The largest absolute Gasteiger partial charge is 0.481 e. The molecule has 1 atom stereocenters. The molecular formula is C15H26N2O5. The molecule has 1 heterocycles. The first-order chi connectivity index (χ1) is 10.1. The average Bonchev–Trinajstić information content (AvgIpc) is 2.35. The SMILES string of the molecule is CC(CC(=O)O)CC(=O)N1CCN(C(=O)OC(C)(C)C)CC1. The summed E-state index contributed by atoms with van der Waals surface area (Å²) in [7, 11) is 0. The maximum absolute atomic E-state index is 12.1. The molecule has 0 aromatic rings. The summed E-state index contributed by atoms with van der Waals surface area (Å²) in [4.78, 5) is 37.9. The lowest BCUT2D eigenvalue weighted by atomic mass is 10.0. The topological polar surface area (TPSA) is 87.2 Å². The Bertz CT molecular complexity index is 422. The van der Waals surface area contributed by atoms with Gasteiger partial charge >= 0.3 is 12.1 Å². The van der Waals surface area contributed by atoms with Gasteiger partial charge in [-0.2, -0.15) is 0 Å². The van der Waals surface area contributed by atoms with Gasteiger partial charge in [-0.3, -0.25) is 9.59 Å². The molecule has 1 N–H and O–H groups in total. The van der Waals surface area contributed by atoms with E-state index in [1.807, 2.05) is 20.8 Å². The van der Waals surface area contributed by atoms with Gasteiger partial charge < -0.3 is 19.6 Å². The zero-order valence-corrected chi connectivity index (χ0v) is 13.8. The Morgan fingerprint density at radius 2 is 1.55 bits per heavy atom.